The molecule has 1 aromatic carbocycles. The van der Waals surface area contributed by atoms with Crippen molar-refractivity contribution >= 4 is 29.1 Å². The summed E-state index contributed by atoms with van der Waals surface area (Å²) in [6.07, 6.45) is -2.75. The van der Waals surface area contributed by atoms with Gasteiger partial charge in [-0.05, 0) is 48.7 Å². The van der Waals surface area contributed by atoms with Crippen molar-refractivity contribution in [2.24, 2.45) is 5.92 Å². The Bertz CT molecular complexity index is 868. The van der Waals surface area contributed by atoms with Gasteiger partial charge >= 0.3 is 6.18 Å². The predicted molar refractivity (Wildman–Crippen MR) is 114 cm³/mol. The van der Waals surface area contributed by atoms with Crippen LogP contribution in [-0.4, -0.2) is 35.3 Å². The summed E-state index contributed by atoms with van der Waals surface area (Å²) in [5, 5.41) is 5.78. The third kappa shape index (κ3) is 5.94. The van der Waals surface area contributed by atoms with Crippen LogP contribution in [0, 0.1) is 5.92 Å². The number of halogens is 3. The molecule has 2 N–H and O–H groups in total. The molecule has 0 spiro atoms. The second-order valence-corrected chi connectivity index (χ2v) is 7.67. The van der Waals surface area contributed by atoms with E-state index in [1.54, 1.807) is 7.11 Å². The fraction of sp³-hybridized carbons (Fsp3) is 0.450. The van der Waals surface area contributed by atoms with Gasteiger partial charge in [0.1, 0.15) is 11.6 Å². The number of thiocarbonyl (C=S) groups is 1. The number of nitrogens with one attached hydrogen (secondary N) is 2. The largest absolute Gasteiger partial charge is 0.497 e. The van der Waals surface area contributed by atoms with Crippen LogP contribution in [0.4, 0.5) is 24.9 Å². The Balaban J connectivity index is 1.70. The Hall–Kier alpha value is -2.62. The van der Waals surface area contributed by atoms with Crippen LogP contribution in [-0.2, 0) is 12.7 Å². The molecule has 2 aromatic rings. The summed E-state index contributed by atoms with van der Waals surface area (Å²) >= 11 is 5.21. The van der Waals surface area contributed by atoms with Gasteiger partial charge in [0.25, 0.3) is 0 Å². The first-order chi connectivity index (χ1) is 14.2. The number of piperidine rings is 1. The molecular weight excluding hydrogens is 415 g/mol. The molecule has 1 aliphatic heterocycles. The van der Waals surface area contributed by atoms with E-state index in [4.69, 9.17) is 17.0 Å². The number of ether oxygens (including phenoxy) is 1. The maximum atomic E-state index is 13.4. The van der Waals surface area contributed by atoms with Crippen LogP contribution < -0.4 is 20.3 Å². The first-order valence-electron chi connectivity index (χ1n) is 9.63. The molecule has 0 radical (unpaired) electrons. The van der Waals surface area contributed by atoms with E-state index in [1.165, 1.54) is 0 Å². The molecular formula is C20H24F3N5OS. The lowest BCUT2D eigenvalue weighted by atomic mass is 9.99. The standard InChI is InChI=1S/C20H24F3N5OS/c1-13-7-9-28(10-8-13)17-11-16(20(21,22)23)25-18(26-17)27-19(30)24-12-14-3-5-15(29-2)6-4-14/h3-6,11,13H,7-10,12H2,1-2H3,(H2,24,25,26,27,30). The number of benzene rings is 1. The lowest BCUT2D eigenvalue weighted by Gasteiger charge is -2.31. The van der Waals surface area contributed by atoms with Gasteiger partial charge in [0, 0.05) is 25.7 Å². The molecule has 162 valence electrons. The predicted octanol–water partition coefficient (Wildman–Crippen LogP) is 4.23. The molecule has 0 saturated carbocycles. The van der Waals surface area contributed by atoms with E-state index < -0.39 is 11.9 Å². The van der Waals surface area contributed by atoms with Crippen LogP contribution in [0.15, 0.2) is 30.3 Å². The molecule has 1 aliphatic rings. The van der Waals surface area contributed by atoms with Crippen molar-refractivity contribution in [1.29, 1.82) is 0 Å². The summed E-state index contributed by atoms with van der Waals surface area (Å²) in [5.74, 6) is 1.37. The minimum absolute atomic E-state index is 0.142. The van der Waals surface area contributed by atoms with Crippen LogP contribution >= 0.6 is 12.2 Å². The second kappa shape index (κ2) is 9.46. The number of rotatable bonds is 5. The molecule has 0 atom stereocenters. The van der Waals surface area contributed by atoms with Crippen molar-refractivity contribution in [1.82, 2.24) is 15.3 Å². The van der Waals surface area contributed by atoms with E-state index in [1.807, 2.05) is 29.2 Å². The topological polar surface area (TPSA) is 62.3 Å². The maximum Gasteiger partial charge on any atom is 0.433 e. The molecule has 0 aliphatic carbocycles. The molecule has 0 unspecified atom stereocenters. The zero-order valence-electron chi connectivity index (χ0n) is 16.8. The monoisotopic (exact) mass is 439 g/mol. The number of nitrogens with zero attached hydrogens (tertiary/aromatic N) is 3. The van der Waals surface area contributed by atoms with Crippen LogP contribution in [0.3, 0.4) is 0 Å². The zero-order chi connectivity index (χ0) is 21.7. The van der Waals surface area contributed by atoms with E-state index >= 15 is 0 Å². The van der Waals surface area contributed by atoms with Crippen molar-refractivity contribution in [3.05, 3.63) is 41.6 Å². The Kier molecular flexibility index (Phi) is 6.96. The Morgan fingerprint density at radius 2 is 1.87 bits per heavy atom. The van der Waals surface area contributed by atoms with Crippen molar-refractivity contribution in [3.63, 3.8) is 0 Å². The van der Waals surface area contributed by atoms with E-state index in [0.717, 1.165) is 30.2 Å². The summed E-state index contributed by atoms with van der Waals surface area (Å²) in [4.78, 5) is 9.74. The van der Waals surface area contributed by atoms with E-state index in [2.05, 4.69) is 27.5 Å². The number of hydrogen-bond donors (Lipinski definition) is 2. The average molecular weight is 440 g/mol. The van der Waals surface area contributed by atoms with E-state index in [0.29, 0.717) is 25.6 Å². The Labute approximate surface area is 178 Å². The van der Waals surface area contributed by atoms with Crippen molar-refractivity contribution in [3.8, 4) is 5.75 Å². The average Bonchev–Trinajstić information content (AvgIpc) is 2.72. The summed E-state index contributed by atoms with van der Waals surface area (Å²) in [6, 6.07) is 8.36. The zero-order valence-corrected chi connectivity index (χ0v) is 17.6. The highest BCUT2D eigenvalue weighted by atomic mass is 32.1. The first kappa shape index (κ1) is 22.1. The molecule has 3 rings (SSSR count). The van der Waals surface area contributed by atoms with Gasteiger partial charge < -0.3 is 20.3 Å². The molecule has 1 saturated heterocycles. The third-order valence-corrected chi connectivity index (χ3v) is 5.19. The molecule has 1 aromatic heterocycles. The first-order valence-corrected chi connectivity index (χ1v) is 10.0. The highest BCUT2D eigenvalue weighted by Gasteiger charge is 2.34. The molecule has 10 heteroatoms. The van der Waals surface area contributed by atoms with Gasteiger partial charge in [-0.2, -0.15) is 18.2 Å². The minimum atomic E-state index is -4.57. The molecule has 2 heterocycles. The van der Waals surface area contributed by atoms with Crippen LogP contribution in [0.2, 0.25) is 0 Å². The number of alkyl halides is 3. The fourth-order valence-electron chi connectivity index (χ4n) is 3.11. The molecule has 6 nitrogen and oxygen atoms in total. The Morgan fingerprint density at radius 1 is 1.20 bits per heavy atom. The van der Waals surface area contributed by atoms with Crippen LogP contribution in [0.5, 0.6) is 5.75 Å². The minimum Gasteiger partial charge on any atom is -0.497 e. The molecule has 1 fully saturated rings. The maximum absolute atomic E-state index is 13.4. The van der Waals surface area contributed by atoms with Crippen LogP contribution in [0.1, 0.15) is 31.0 Å². The second-order valence-electron chi connectivity index (χ2n) is 7.26. The van der Waals surface area contributed by atoms with Gasteiger partial charge in [0.15, 0.2) is 10.8 Å². The lowest BCUT2D eigenvalue weighted by Crippen LogP contribution is -2.34. The van der Waals surface area contributed by atoms with Crippen molar-refractivity contribution < 1.29 is 17.9 Å². The van der Waals surface area contributed by atoms with Gasteiger partial charge in [0.05, 0.1) is 7.11 Å². The van der Waals surface area contributed by atoms with Gasteiger partial charge in [-0.15, -0.1) is 0 Å². The highest BCUT2D eigenvalue weighted by Crippen LogP contribution is 2.31. The summed E-state index contributed by atoms with van der Waals surface area (Å²) in [5.41, 5.74) is -0.0559. The smallest absolute Gasteiger partial charge is 0.433 e. The number of methoxy groups -OCH3 is 1. The fourth-order valence-corrected chi connectivity index (χ4v) is 3.27. The molecule has 0 bridgehead atoms. The SMILES string of the molecule is COc1ccc(CNC(=S)Nc2nc(N3CCC(C)CC3)cc(C(F)(F)F)n2)cc1. The lowest BCUT2D eigenvalue weighted by molar-refractivity contribution is -0.141. The van der Waals surface area contributed by atoms with Gasteiger partial charge in [0.2, 0.25) is 5.95 Å². The number of aromatic nitrogens is 2. The molecule has 0 amide bonds. The normalized spacial score (nSPS) is 15.0. The molecule has 30 heavy (non-hydrogen) atoms. The number of anilines is 2. The summed E-state index contributed by atoms with van der Waals surface area (Å²) in [7, 11) is 1.58. The van der Waals surface area contributed by atoms with E-state index in [9.17, 15) is 13.2 Å². The van der Waals surface area contributed by atoms with Crippen molar-refractivity contribution in [2.45, 2.75) is 32.5 Å². The highest BCUT2D eigenvalue weighted by molar-refractivity contribution is 7.80. The Morgan fingerprint density at radius 3 is 2.47 bits per heavy atom. The number of hydrogen-bond acceptors (Lipinski definition) is 5. The summed E-state index contributed by atoms with van der Waals surface area (Å²) < 4.78 is 45.2. The van der Waals surface area contributed by atoms with Gasteiger partial charge in [-0.1, -0.05) is 19.1 Å². The van der Waals surface area contributed by atoms with Crippen LogP contribution in [0.25, 0.3) is 0 Å². The van der Waals surface area contributed by atoms with Crippen molar-refractivity contribution in [2.75, 3.05) is 30.4 Å². The van der Waals surface area contributed by atoms with Gasteiger partial charge in [-0.3, -0.25) is 0 Å². The van der Waals surface area contributed by atoms with Gasteiger partial charge in [-0.25, -0.2) is 4.98 Å². The summed E-state index contributed by atoms with van der Waals surface area (Å²) in [6.45, 7) is 3.86. The van der Waals surface area contributed by atoms with E-state index in [-0.39, 0.29) is 16.9 Å². The third-order valence-electron chi connectivity index (χ3n) is 4.95. The quantitative estimate of drug-likeness (QED) is 0.676.